The van der Waals surface area contributed by atoms with E-state index < -0.39 is 9.84 Å². The van der Waals surface area contributed by atoms with Gasteiger partial charge in [0.2, 0.25) is 0 Å². The number of hydrogen-bond acceptors (Lipinski definition) is 5. The monoisotopic (exact) mass is 433 g/mol. The van der Waals surface area contributed by atoms with Gasteiger partial charge in [-0.15, -0.1) is 0 Å². The van der Waals surface area contributed by atoms with Gasteiger partial charge in [0.1, 0.15) is 11.9 Å². The van der Waals surface area contributed by atoms with Crippen LogP contribution in [0.2, 0.25) is 0 Å². The van der Waals surface area contributed by atoms with Crippen LogP contribution in [-0.2, 0) is 22.8 Å². The molecule has 2 N–H and O–H groups in total. The molecule has 0 saturated heterocycles. The standard InChI is InChI=1S/C25H27N3O2S/c1-28-17-20-11-6-7-13-21(20)24(18-9-4-3-5-10-18)27-23(28)16-15-19-12-8-14-22(26)25(19)31(2,29)30/h3-14,24H,15-17,26H2,1-2H3. The van der Waals surface area contributed by atoms with Crippen molar-refractivity contribution in [2.75, 3.05) is 19.0 Å². The second kappa shape index (κ2) is 8.55. The third-order valence-corrected chi connectivity index (χ3v) is 6.95. The highest BCUT2D eigenvalue weighted by atomic mass is 32.2. The summed E-state index contributed by atoms with van der Waals surface area (Å²) in [7, 11) is -1.37. The molecule has 3 aromatic carbocycles. The number of aliphatic imine (C=N–C) groups is 1. The first kappa shape index (κ1) is 21.1. The van der Waals surface area contributed by atoms with Crippen molar-refractivity contribution in [3.63, 3.8) is 0 Å². The molecule has 1 unspecified atom stereocenters. The molecule has 1 aliphatic heterocycles. The molecular formula is C25H27N3O2S. The van der Waals surface area contributed by atoms with Crippen LogP contribution in [0.5, 0.6) is 0 Å². The van der Waals surface area contributed by atoms with Crippen molar-refractivity contribution in [1.82, 2.24) is 4.90 Å². The Kier molecular flexibility index (Phi) is 5.83. The number of fused-ring (bicyclic) bond motifs is 1. The highest BCUT2D eigenvalue weighted by molar-refractivity contribution is 7.91. The molecule has 0 aromatic heterocycles. The molecule has 0 fully saturated rings. The maximum Gasteiger partial charge on any atom is 0.177 e. The number of sulfone groups is 1. The summed E-state index contributed by atoms with van der Waals surface area (Å²) in [5.41, 5.74) is 10.6. The van der Waals surface area contributed by atoms with E-state index in [1.54, 1.807) is 12.1 Å². The smallest absolute Gasteiger partial charge is 0.177 e. The van der Waals surface area contributed by atoms with Crippen molar-refractivity contribution in [1.29, 1.82) is 0 Å². The van der Waals surface area contributed by atoms with E-state index in [-0.39, 0.29) is 10.9 Å². The van der Waals surface area contributed by atoms with E-state index >= 15 is 0 Å². The molecule has 0 radical (unpaired) electrons. The molecule has 0 amide bonds. The first-order chi connectivity index (χ1) is 14.8. The molecule has 6 heteroatoms. The molecule has 4 rings (SSSR count). The van der Waals surface area contributed by atoms with Crippen LogP contribution in [0, 0.1) is 0 Å². The van der Waals surface area contributed by atoms with Gasteiger partial charge in [-0.3, -0.25) is 4.99 Å². The first-order valence-corrected chi connectivity index (χ1v) is 12.2. The average molecular weight is 434 g/mol. The number of nitrogens with two attached hydrogens (primary N) is 1. The molecule has 3 aromatic rings. The number of benzene rings is 3. The van der Waals surface area contributed by atoms with Crippen LogP contribution in [0.25, 0.3) is 0 Å². The van der Waals surface area contributed by atoms with Gasteiger partial charge < -0.3 is 10.6 Å². The van der Waals surface area contributed by atoms with E-state index in [0.29, 0.717) is 18.5 Å². The summed E-state index contributed by atoms with van der Waals surface area (Å²) in [6, 6.07) is 23.9. The SMILES string of the molecule is CN1Cc2ccccc2C(c2ccccc2)N=C1CCc1cccc(N)c1S(C)(=O)=O. The fraction of sp³-hybridized carbons (Fsp3) is 0.240. The Bertz CT molecular complexity index is 1220. The lowest BCUT2D eigenvalue weighted by molar-refractivity contribution is 0.490. The Morgan fingerprint density at radius 1 is 0.968 bits per heavy atom. The molecule has 5 nitrogen and oxygen atoms in total. The summed E-state index contributed by atoms with van der Waals surface area (Å²) >= 11 is 0. The minimum absolute atomic E-state index is 0.0902. The van der Waals surface area contributed by atoms with Crippen LogP contribution in [-0.4, -0.2) is 32.5 Å². The molecule has 31 heavy (non-hydrogen) atoms. The van der Waals surface area contributed by atoms with Crippen molar-refractivity contribution < 1.29 is 8.42 Å². The van der Waals surface area contributed by atoms with E-state index in [1.165, 1.54) is 17.4 Å². The summed E-state index contributed by atoms with van der Waals surface area (Å²) in [6.07, 6.45) is 2.38. The van der Waals surface area contributed by atoms with Crippen molar-refractivity contribution in [2.24, 2.45) is 4.99 Å². The van der Waals surface area contributed by atoms with Gasteiger partial charge in [0, 0.05) is 26.3 Å². The molecule has 1 heterocycles. The fourth-order valence-corrected chi connectivity index (χ4v) is 5.40. The number of hydrogen-bond donors (Lipinski definition) is 1. The van der Waals surface area contributed by atoms with E-state index in [9.17, 15) is 8.42 Å². The third kappa shape index (κ3) is 4.49. The quantitative estimate of drug-likeness (QED) is 0.611. The van der Waals surface area contributed by atoms with Gasteiger partial charge in [-0.05, 0) is 34.7 Å². The molecule has 1 aliphatic rings. The zero-order valence-corrected chi connectivity index (χ0v) is 18.6. The number of nitrogen functional groups attached to an aromatic ring is 1. The fourth-order valence-electron chi connectivity index (χ4n) is 4.25. The number of nitrogens with zero attached hydrogens (tertiary/aromatic N) is 2. The minimum Gasteiger partial charge on any atom is -0.398 e. The van der Waals surface area contributed by atoms with Crippen LogP contribution < -0.4 is 5.73 Å². The highest BCUT2D eigenvalue weighted by Crippen LogP contribution is 2.33. The summed E-state index contributed by atoms with van der Waals surface area (Å²) in [4.78, 5) is 7.55. The van der Waals surface area contributed by atoms with Gasteiger partial charge in [-0.25, -0.2) is 8.42 Å². The summed E-state index contributed by atoms with van der Waals surface area (Å²) in [6.45, 7) is 0.758. The van der Waals surface area contributed by atoms with Gasteiger partial charge in [0.25, 0.3) is 0 Å². The maximum absolute atomic E-state index is 12.3. The number of aryl methyl sites for hydroxylation is 1. The number of amidine groups is 1. The Hall–Kier alpha value is -3.12. The molecule has 1 atom stereocenters. The second-order valence-corrected chi connectivity index (χ2v) is 9.97. The molecule has 160 valence electrons. The van der Waals surface area contributed by atoms with Gasteiger partial charge in [-0.2, -0.15) is 0 Å². The van der Waals surface area contributed by atoms with E-state index in [1.807, 2.05) is 31.3 Å². The predicted molar refractivity (Wildman–Crippen MR) is 126 cm³/mol. The number of rotatable bonds is 5. The lowest BCUT2D eigenvalue weighted by Gasteiger charge is -2.21. The van der Waals surface area contributed by atoms with Crippen molar-refractivity contribution in [3.8, 4) is 0 Å². The third-order valence-electron chi connectivity index (χ3n) is 5.71. The van der Waals surface area contributed by atoms with Crippen molar-refractivity contribution in [3.05, 3.63) is 95.1 Å². The van der Waals surface area contributed by atoms with E-state index in [4.69, 9.17) is 10.7 Å². The molecular weight excluding hydrogens is 406 g/mol. The van der Waals surface area contributed by atoms with Crippen LogP contribution in [0.3, 0.4) is 0 Å². The van der Waals surface area contributed by atoms with Gasteiger partial charge in [0.15, 0.2) is 9.84 Å². The van der Waals surface area contributed by atoms with Gasteiger partial charge in [0.05, 0.1) is 10.6 Å². The zero-order chi connectivity index (χ0) is 22.0. The second-order valence-electron chi connectivity index (χ2n) is 8.02. The van der Waals surface area contributed by atoms with Gasteiger partial charge >= 0.3 is 0 Å². The van der Waals surface area contributed by atoms with Crippen molar-refractivity contribution in [2.45, 2.75) is 30.3 Å². The predicted octanol–water partition coefficient (Wildman–Crippen LogP) is 4.24. The van der Waals surface area contributed by atoms with Crippen LogP contribution in [0.4, 0.5) is 5.69 Å². The Labute approximate surface area is 184 Å². The summed E-state index contributed by atoms with van der Waals surface area (Å²) in [5, 5.41) is 0. The minimum atomic E-state index is -3.41. The van der Waals surface area contributed by atoms with Crippen LogP contribution in [0.15, 0.2) is 82.7 Å². The molecule has 0 bridgehead atoms. The largest absolute Gasteiger partial charge is 0.398 e. The van der Waals surface area contributed by atoms with Crippen LogP contribution >= 0.6 is 0 Å². The number of anilines is 1. The zero-order valence-electron chi connectivity index (χ0n) is 17.8. The molecule has 0 aliphatic carbocycles. The van der Waals surface area contributed by atoms with E-state index in [0.717, 1.165) is 23.5 Å². The Morgan fingerprint density at radius 3 is 2.42 bits per heavy atom. The highest BCUT2D eigenvalue weighted by Gasteiger charge is 2.24. The maximum atomic E-state index is 12.3. The molecule has 0 spiro atoms. The van der Waals surface area contributed by atoms with Crippen LogP contribution in [0.1, 0.15) is 34.7 Å². The van der Waals surface area contributed by atoms with Gasteiger partial charge in [-0.1, -0.05) is 66.7 Å². The molecule has 0 saturated carbocycles. The Morgan fingerprint density at radius 2 is 1.68 bits per heavy atom. The topological polar surface area (TPSA) is 75.8 Å². The van der Waals surface area contributed by atoms with Crippen molar-refractivity contribution >= 4 is 21.4 Å². The first-order valence-electron chi connectivity index (χ1n) is 10.3. The van der Waals surface area contributed by atoms with E-state index in [2.05, 4.69) is 41.3 Å². The summed E-state index contributed by atoms with van der Waals surface area (Å²) in [5.74, 6) is 0.951. The lowest BCUT2D eigenvalue weighted by atomic mass is 9.95. The normalized spacial score (nSPS) is 16.4. The average Bonchev–Trinajstić information content (AvgIpc) is 2.88. The lowest BCUT2D eigenvalue weighted by Crippen LogP contribution is -2.26. The Balaban J connectivity index is 1.71. The summed E-state index contributed by atoms with van der Waals surface area (Å²) < 4.78 is 24.6.